The van der Waals surface area contributed by atoms with E-state index in [1.54, 1.807) is 36.7 Å². The molecule has 0 atom stereocenters. The number of nitrogens with one attached hydrogen (secondary N) is 1. The molecule has 0 unspecified atom stereocenters. The molecule has 0 bridgehead atoms. The van der Waals surface area contributed by atoms with Crippen molar-refractivity contribution in [1.29, 1.82) is 0 Å². The zero-order valence-electron chi connectivity index (χ0n) is 10.3. The largest absolute Gasteiger partial charge is 0.444 e. The fourth-order valence-corrected chi connectivity index (χ4v) is 1.16. The molecular formula is C12H17N2O3+. The van der Waals surface area contributed by atoms with Gasteiger partial charge in [-0.2, -0.15) is 0 Å². The van der Waals surface area contributed by atoms with E-state index >= 15 is 0 Å². The molecule has 5 heteroatoms. The van der Waals surface area contributed by atoms with E-state index in [0.717, 1.165) is 0 Å². The maximum atomic E-state index is 11.6. The zero-order valence-corrected chi connectivity index (χ0v) is 10.3. The second kappa shape index (κ2) is 5.98. The molecule has 0 aromatic carbocycles. The van der Waals surface area contributed by atoms with Crippen LogP contribution in [-0.4, -0.2) is 18.6 Å². The monoisotopic (exact) mass is 237 g/mol. The van der Waals surface area contributed by atoms with Crippen LogP contribution < -0.4 is 9.88 Å². The van der Waals surface area contributed by atoms with Crippen LogP contribution >= 0.6 is 0 Å². The first-order valence-corrected chi connectivity index (χ1v) is 5.41. The maximum Gasteiger partial charge on any atom is 0.310 e. The summed E-state index contributed by atoms with van der Waals surface area (Å²) in [5.74, 6) is -0.789. The number of carbonyl (C=O) groups is 2. The van der Waals surface area contributed by atoms with E-state index in [4.69, 9.17) is 4.74 Å². The third-order valence-corrected chi connectivity index (χ3v) is 2.12. The van der Waals surface area contributed by atoms with Crippen LogP contribution in [0.3, 0.4) is 0 Å². The number of carbonyl (C=O) groups excluding carboxylic acids is 2. The summed E-state index contributed by atoms with van der Waals surface area (Å²) < 4.78 is 6.62. The molecule has 1 rings (SSSR count). The van der Waals surface area contributed by atoms with Crippen LogP contribution in [0.25, 0.3) is 0 Å². The van der Waals surface area contributed by atoms with E-state index < -0.39 is 0 Å². The van der Waals surface area contributed by atoms with Crippen LogP contribution in [0.4, 0.5) is 0 Å². The van der Waals surface area contributed by atoms with Crippen molar-refractivity contribution >= 4 is 11.9 Å². The van der Waals surface area contributed by atoms with Gasteiger partial charge in [0.2, 0.25) is 0 Å². The Hall–Kier alpha value is -1.91. The molecule has 5 nitrogen and oxygen atoms in total. The van der Waals surface area contributed by atoms with Crippen LogP contribution in [0.15, 0.2) is 24.5 Å². The van der Waals surface area contributed by atoms with Crippen molar-refractivity contribution in [2.75, 3.05) is 6.73 Å². The van der Waals surface area contributed by atoms with Gasteiger partial charge in [0.05, 0.1) is 5.92 Å². The van der Waals surface area contributed by atoms with Crippen LogP contribution in [0.5, 0.6) is 0 Å². The van der Waals surface area contributed by atoms with E-state index in [1.165, 1.54) is 0 Å². The quantitative estimate of drug-likeness (QED) is 0.468. The number of nitrogens with zero attached hydrogens (tertiary/aromatic N) is 1. The van der Waals surface area contributed by atoms with Crippen molar-refractivity contribution in [3.8, 4) is 0 Å². The molecule has 1 amide bonds. The van der Waals surface area contributed by atoms with Crippen molar-refractivity contribution < 1.29 is 18.9 Å². The summed E-state index contributed by atoms with van der Waals surface area (Å²) in [5.41, 5.74) is 0.524. The van der Waals surface area contributed by atoms with Crippen LogP contribution in [0, 0.1) is 5.92 Å². The third kappa shape index (κ3) is 4.22. The predicted octanol–water partition coefficient (Wildman–Crippen LogP) is 0.398. The second-order valence-electron chi connectivity index (χ2n) is 4.03. The summed E-state index contributed by atoms with van der Waals surface area (Å²) in [6.45, 7) is 3.37. The van der Waals surface area contributed by atoms with Gasteiger partial charge in [-0.1, -0.05) is 13.8 Å². The van der Waals surface area contributed by atoms with Gasteiger partial charge in [0.15, 0.2) is 19.1 Å². The van der Waals surface area contributed by atoms with E-state index in [2.05, 4.69) is 5.32 Å². The standard InChI is InChI=1S/C12H16N2O3/c1-9(2)12(16)17-8-13-11(15)10-5-4-6-14(3)7-10/h4-7,9H,8H2,1-3H3/p+1. The molecule has 92 valence electrons. The first-order chi connectivity index (χ1) is 8.00. The number of ether oxygens (including phenoxy) is 1. The molecule has 1 aromatic rings. The van der Waals surface area contributed by atoms with E-state index in [-0.39, 0.29) is 24.5 Å². The molecule has 1 heterocycles. The number of aromatic nitrogens is 1. The first-order valence-electron chi connectivity index (χ1n) is 5.41. The summed E-state index contributed by atoms with van der Waals surface area (Å²) in [4.78, 5) is 22.8. The van der Waals surface area contributed by atoms with Crippen molar-refractivity contribution in [1.82, 2.24) is 5.32 Å². The lowest BCUT2D eigenvalue weighted by Crippen LogP contribution is -2.33. The minimum Gasteiger partial charge on any atom is -0.444 e. The van der Waals surface area contributed by atoms with E-state index in [0.29, 0.717) is 5.56 Å². The second-order valence-corrected chi connectivity index (χ2v) is 4.03. The highest BCUT2D eigenvalue weighted by Crippen LogP contribution is 1.96. The summed E-state index contributed by atoms with van der Waals surface area (Å²) in [7, 11) is 1.83. The highest BCUT2D eigenvalue weighted by molar-refractivity contribution is 5.93. The highest BCUT2D eigenvalue weighted by atomic mass is 16.5. The number of pyridine rings is 1. The maximum absolute atomic E-state index is 11.6. The Morgan fingerprint density at radius 1 is 1.47 bits per heavy atom. The number of rotatable bonds is 4. The molecular weight excluding hydrogens is 220 g/mol. The zero-order chi connectivity index (χ0) is 12.8. The van der Waals surface area contributed by atoms with Gasteiger partial charge < -0.3 is 10.1 Å². The molecule has 0 aliphatic heterocycles. The Balaban J connectivity index is 2.43. The lowest BCUT2D eigenvalue weighted by molar-refractivity contribution is -0.671. The number of esters is 1. The lowest BCUT2D eigenvalue weighted by Gasteiger charge is -2.07. The van der Waals surface area contributed by atoms with Crippen LogP contribution in [0.2, 0.25) is 0 Å². The number of aryl methyl sites for hydroxylation is 1. The number of amides is 1. The fourth-order valence-electron chi connectivity index (χ4n) is 1.16. The first kappa shape index (κ1) is 13.2. The van der Waals surface area contributed by atoms with Gasteiger partial charge in [0.25, 0.3) is 5.91 Å². The third-order valence-electron chi connectivity index (χ3n) is 2.12. The molecule has 0 radical (unpaired) electrons. The topological polar surface area (TPSA) is 59.3 Å². The Labute approximate surface area is 100 Å². The van der Waals surface area contributed by atoms with E-state index in [1.807, 2.05) is 13.2 Å². The van der Waals surface area contributed by atoms with Gasteiger partial charge in [-0.15, -0.1) is 0 Å². The Morgan fingerprint density at radius 2 is 2.18 bits per heavy atom. The number of hydrogen-bond acceptors (Lipinski definition) is 3. The molecule has 0 aliphatic carbocycles. The molecule has 1 N–H and O–H groups in total. The van der Waals surface area contributed by atoms with Gasteiger partial charge in [0.1, 0.15) is 12.6 Å². The molecule has 0 saturated heterocycles. The van der Waals surface area contributed by atoms with Crippen molar-refractivity contribution in [3.05, 3.63) is 30.1 Å². The number of hydrogen-bond donors (Lipinski definition) is 1. The molecule has 0 spiro atoms. The predicted molar refractivity (Wildman–Crippen MR) is 60.9 cm³/mol. The van der Waals surface area contributed by atoms with Gasteiger partial charge in [-0.05, 0) is 6.07 Å². The van der Waals surface area contributed by atoms with Crippen LogP contribution in [0.1, 0.15) is 24.2 Å². The fraction of sp³-hybridized carbons (Fsp3) is 0.417. The van der Waals surface area contributed by atoms with Gasteiger partial charge >= 0.3 is 5.97 Å². The minimum absolute atomic E-state index is 0.103. The summed E-state index contributed by atoms with van der Waals surface area (Å²) in [5, 5.41) is 2.52. The Morgan fingerprint density at radius 3 is 2.76 bits per heavy atom. The summed E-state index contributed by atoms with van der Waals surface area (Å²) in [6.07, 6.45) is 3.52. The molecule has 0 saturated carbocycles. The Bertz CT molecular complexity index is 416. The van der Waals surface area contributed by atoms with Gasteiger partial charge in [-0.3, -0.25) is 9.59 Å². The minimum atomic E-state index is -0.330. The SMILES string of the molecule is CC(C)C(=O)OCNC(=O)c1ccc[n+](C)c1. The molecule has 17 heavy (non-hydrogen) atoms. The van der Waals surface area contributed by atoms with Gasteiger partial charge in [-0.25, -0.2) is 4.57 Å². The van der Waals surface area contributed by atoms with Crippen molar-refractivity contribution in [2.45, 2.75) is 13.8 Å². The van der Waals surface area contributed by atoms with Crippen molar-refractivity contribution in [3.63, 3.8) is 0 Å². The van der Waals surface area contributed by atoms with Crippen molar-refractivity contribution in [2.24, 2.45) is 13.0 Å². The van der Waals surface area contributed by atoms with Gasteiger partial charge in [0, 0.05) is 6.07 Å². The summed E-state index contributed by atoms with van der Waals surface area (Å²) >= 11 is 0. The molecule has 0 aliphatic rings. The normalized spacial score (nSPS) is 10.1. The smallest absolute Gasteiger partial charge is 0.310 e. The lowest BCUT2D eigenvalue weighted by atomic mass is 10.2. The average molecular weight is 237 g/mol. The average Bonchev–Trinajstić information content (AvgIpc) is 2.28. The summed E-state index contributed by atoms with van der Waals surface area (Å²) in [6, 6.07) is 3.47. The molecule has 0 fully saturated rings. The van der Waals surface area contributed by atoms with E-state index in [9.17, 15) is 9.59 Å². The molecule has 1 aromatic heterocycles. The van der Waals surface area contributed by atoms with Crippen LogP contribution in [-0.2, 0) is 16.6 Å². The highest BCUT2D eigenvalue weighted by Gasteiger charge is 2.11. The Kier molecular flexibility index (Phi) is 4.63.